The second kappa shape index (κ2) is 18.5. The highest BCUT2D eigenvalue weighted by molar-refractivity contribution is 6.11. The molecule has 0 aliphatic carbocycles. The Balaban J connectivity index is -0.0000000594. The molecule has 0 heterocycles. The summed E-state index contributed by atoms with van der Waals surface area (Å²) < 4.78 is 14.5. The fourth-order valence-corrected chi connectivity index (χ4v) is 0.607. The first-order valence-electron chi connectivity index (χ1n) is 6.62. The van der Waals surface area contributed by atoms with Crippen molar-refractivity contribution in [3.8, 4) is 0 Å². The highest BCUT2D eigenvalue weighted by Gasteiger charge is 2.01. The lowest BCUT2D eigenvalue weighted by molar-refractivity contribution is 0.544. The van der Waals surface area contributed by atoms with Gasteiger partial charge in [0.05, 0.1) is 15.7 Å². The molecule has 17 heavy (non-hydrogen) atoms. The third-order valence-corrected chi connectivity index (χ3v) is 2.71. The molecule has 0 bridgehead atoms. The average molecular weight is 242 g/mol. The van der Waals surface area contributed by atoms with Crippen molar-refractivity contribution < 1.29 is 2.74 Å². The van der Waals surface area contributed by atoms with Crippen molar-refractivity contribution in [3.63, 3.8) is 0 Å². The Morgan fingerprint density at radius 2 is 0.941 bits per heavy atom. The summed E-state index contributed by atoms with van der Waals surface area (Å²) in [6.07, 6.45) is -0.0648. The van der Waals surface area contributed by atoms with Crippen LogP contribution in [0.2, 0.25) is 11.6 Å². The molecule has 104 valence electrons. The normalized spacial score (nSPS) is 20.8. The van der Waals surface area contributed by atoms with Gasteiger partial charge in [0.15, 0.2) is 0 Å². The number of hydrogen-bond acceptors (Lipinski definition) is 0. The van der Waals surface area contributed by atoms with Crippen molar-refractivity contribution in [2.75, 3.05) is 0 Å². The minimum Gasteiger partial charge on any atom is -0.0777 e. The Morgan fingerprint density at radius 1 is 0.765 bits per heavy atom. The standard InChI is InChI=1S/2C6H13B.3CH4/c2*1-4-5(2)6(3)7;;;/h2*5-6H,4H2,1-3H3;3*1H4/i2*4D;;;. The van der Waals surface area contributed by atoms with Crippen LogP contribution in [0.3, 0.4) is 0 Å². The zero-order chi connectivity index (χ0) is 13.5. The molecular weight excluding hydrogens is 202 g/mol. The predicted molar refractivity (Wildman–Crippen MR) is 89.5 cm³/mol. The van der Waals surface area contributed by atoms with E-state index >= 15 is 0 Å². The van der Waals surface area contributed by atoms with Crippen LogP contribution in [0, 0.1) is 11.8 Å². The summed E-state index contributed by atoms with van der Waals surface area (Å²) in [7, 11) is 11.0. The number of hydrogen-bond donors (Lipinski definition) is 0. The van der Waals surface area contributed by atoms with Crippen LogP contribution < -0.4 is 0 Å². The molecule has 6 atom stereocenters. The summed E-state index contributed by atoms with van der Waals surface area (Å²) in [5.41, 5.74) is 0. The minimum absolute atomic E-state index is 0. The van der Waals surface area contributed by atoms with Gasteiger partial charge >= 0.3 is 0 Å². The first-order chi connectivity index (χ1) is 7.11. The van der Waals surface area contributed by atoms with Crippen LogP contribution in [0.4, 0.5) is 0 Å². The molecule has 0 spiro atoms. The first kappa shape index (κ1) is 22.3. The van der Waals surface area contributed by atoms with E-state index in [9.17, 15) is 0 Å². The quantitative estimate of drug-likeness (QED) is 0.536. The van der Waals surface area contributed by atoms with Gasteiger partial charge in [0, 0.05) is 2.74 Å². The molecule has 0 N–H and O–H groups in total. The van der Waals surface area contributed by atoms with E-state index in [4.69, 9.17) is 18.4 Å². The zero-order valence-corrected chi connectivity index (χ0v) is 10.6. The molecule has 0 rings (SSSR count). The van der Waals surface area contributed by atoms with Crippen LogP contribution in [0.15, 0.2) is 0 Å². The topological polar surface area (TPSA) is 0 Å². The molecule has 0 aliphatic heterocycles. The smallest absolute Gasteiger partial charge is 0.0699 e. The SMILES string of the molecule is C.C.C.[2H]C(C)C(C)C([B])C.[2H]C(C)C(C)C([B])C. The van der Waals surface area contributed by atoms with Crippen LogP contribution >= 0.6 is 0 Å². The molecule has 0 aromatic carbocycles. The molecule has 0 aromatic heterocycles. The molecular formula is C15H38B2. The van der Waals surface area contributed by atoms with Crippen LogP contribution in [-0.2, 0) is 0 Å². The van der Waals surface area contributed by atoms with E-state index in [1.54, 1.807) is 0 Å². The highest BCUT2D eigenvalue weighted by atomic mass is 14.0. The zero-order valence-electron chi connectivity index (χ0n) is 12.6. The molecule has 4 radical (unpaired) electrons. The van der Waals surface area contributed by atoms with Gasteiger partial charge in [0.25, 0.3) is 0 Å². The van der Waals surface area contributed by atoms with E-state index in [2.05, 4.69) is 0 Å². The van der Waals surface area contributed by atoms with Gasteiger partial charge in [-0.3, -0.25) is 0 Å². The summed E-state index contributed by atoms with van der Waals surface area (Å²) in [6.45, 7) is 11.6. The van der Waals surface area contributed by atoms with Crippen LogP contribution in [-0.4, -0.2) is 15.7 Å². The van der Waals surface area contributed by atoms with Crippen LogP contribution in [0.1, 0.15) is 79.4 Å². The number of rotatable bonds is 4. The Labute approximate surface area is 119 Å². The van der Waals surface area contributed by atoms with Crippen LogP contribution in [0.25, 0.3) is 0 Å². The van der Waals surface area contributed by atoms with Gasteiger partial charge in [-0.25, -0.2) is 0 Å². The maximum absolute atomic E-state index is 7.23. The highest BCUT2D eigenvalue weighted by Crippen LogP contribution is 2.15. The lowest BCUT2D eigenvalue weighted by atomic mass is 9.78. The van der Waals surface area contributed by atoms with E-state index in [0.29, 0.717) is 11.8 Å². The molecule has 0 fully saturated rings. The molecule has 0 aromatic rings. The summed E-state index contributed by atoms with van der Waals surface area (Å²) in [6, 6.07) is 0. The molecule has 2 heteroatoms. The summed E-state index contributed by atoms with van der Waals surface area (Å²) in [4.78, 5) is 0. The predicted octanol–water partition coefficient (Wildman–Crippen LogP) is 5.93. The van der Waals surface area contributed by atoms with Gasteiger partial charge in [-0.15, -0.1) is 0 Å². The second-order valence-electron chi connectivity index (χ2n) is 4.10. The van der Waals surface area contributed by atoms with E-state index < -0.39 is 0 Å². The molecule has 0 nitrogen and oxygen atoms in total. The Hall–Kier alpha value is 0.130. The average Bonchev–Trinajstić information content (AvgIpc) is 2.15. The molecule has 0 saturated carbocycles. The van der Waals surface area contributed by atoms with Crippen molar-refractivity contribution in [2.24, 2.45) is 11.8 Å². The van der Waals surface area contributed by atoms with Gasteiger partial charge in [-0.05, 0) is 11.8 Å². The van der Waals surface area contributed by atoms with Crippen molar-refractivity contribution in [1.29, 1.82) is 0 Å². The summed E-state index contributed by atoms with van der Waals surface area (Å²) >= 11 is 0. The maximum atomic E-state index is 7.23. The van der Waals surface area contributed by atoms with Gasteiger partial charge in [0.2, 0.25) is 0 Å². The Morgan fingerprint density at radius 3 is 0.941 bits per heavy atom. The van der Waals surface area contributed by atoms with Gasteiger partial charge in [-0.1, -0.05) is 88.3 Å². The fraction of sp³-hybridized carbons (Fsp3) is 1.00. The third kappa shape index (κ3) is 21.9. The molecule has 0 amide bonds. The Kier molecular flexibility index (Phi) is 24.3. The monoisotopic (exact) mass is 242 g/mol. The largest absolute Gasteiger partial charge is 0.0777 e. The van der Waals surface area contributed by atoms with Gasteiger partial charge < -0.3 is 0 Å². The third-order valence-electron chi connectivity index (χ3n) is 2.71. The minimum atomic E-state index is -0.0324. The van der Waals surface area contributed by atoms with E-state index in [0.717, 1.165) is 0 Å². The van der Waals surface area contributed by atoms with Gasteiger partial charge in [0.1, 0.15) is 0 Å². The fourth-order valence-electron chi connectivity index (χ4n) is 0.607. The van der Waals surface area contributed by atoms with Crippen molar-refractivity contribution in [1.82, 2.24) is 0 Å². The maximum Gasteiger partial charge on any atom is 0.0699 e. The van der Waals surface area contributed by atoms with Gasteiger partial charge in [-0.2, -0.15) is 0 Å². The van der Waals surface area contributed by atoms with Crippen molar-refractivity contribution in [2.45, 2.75) is 88.3 Å². The lowest BCUT2D eigenvalue weighted by Gasteiger charge is -2.11. The molecule has 6 unspecified atom stereocenters. The van der Waals surface area contributed by atoms with Crippen molar-refractivity contribution in [3.05, 3.63) is 0 Å². The van der Waals surface area contributed by atoms with Crippen LogP contribution in [0.5, 0.6) is 0 Å². The summed E-state index contributed by atoms with van der Waals surface area (Å²) in [5, 5.41) is 0. The van der Waals surface area contributed by atoms with E-state index in [1.807, 2.05) is 41.5 Å². The lowest BCUT2D eigenvalue weighted by Crippen LogP contribution is -1.98. The second-order valence-corrected chi connectivity index (χ2v) is 4.10. The molecule has 0 saturated heterocycles. The first-order valence-corrected chi connectivity index (χ1v) is 5.46. The summed E-state index contributed by atoms with van der Waals surface area (Å²) in [5.74, 6) is 0.940. The van der Waals surface area contributed by atoms with E-state index in [-0.39, 0.29) is 46.7 Å². The van der Waals surface area contributed by atoms with E-state index in [1.165, 1.54) is 0 Å². The molecule has 0 aliphatic rings. The Bertz CT molecular complexity index is 126. The van der Waals surface area contributed by atoms with Crippen molar-refractivity contribution >= 4 is 15.7 Å².